The number of thiophene rings is 1. The summed E-state index contributed by atoms with van der Waals surface area (Å²) < 4.78 is 1.27. The number of hydrogen-bond acceptors (Lipinski definition) is 2. The molecule has 1 aliphatic rings. The van der Waals surface area contributed by atoms with Crippen LogP contribution in [0.25, 0.3) is 10.1 Å². The van der Waals surface area contributed by atoms with Crippen molar-refractivity contribution in [3.05, 3.63) is 35.2 Å². The minimum Gasteiger partial charge on any atom is -0.335 e. The topological polar surface area (TPSA) is 41.1 Å². The monoisotopic (exact) mass is 246 g/mol. The fraction of sp³-hybridized carbons (Fsp3) is 0.308. The van der Waals surface area contributed by atoms with E-state index >= 15 is 0 Å². The highest BCUT2D eigenvalue weighted by molar-refractivity contribution is 7.17. The molecule has 1 saturated carbocycles. The van der Waals surface area contributed by atoms with E-state index in [2.05, 4.69) is 28.1 Å². The second-order valence-corrected chi connectivity index (χ2v) is 5.27. The molecule has 0 atom stereocenters. The van der Waals surface area contributed by atoms with Gasteiger partial charge in [0.25, 0.3) is 0 Å². The maximum Gasteiger partial charge on any atom is 0.315 e. The van der Waals surface area contributed by atoms with Gasteiger partial charge in [0, 0.05) is 17.3 Å². The van der Waals surface area contributed by atoms with E-state index < -0.39 is 0 Å². The first-order chi connectivity index (χ1) is 8.33. The third kappa shape index (κ3) is 2.42. The number of urea groups is 1. The highest BCUT2D eigenvalue weighted by Gasteiger charge is 2.22. The van der Waals surface area contributed by atoms with Crippen LogP contribution < -0.4 is 10.6 Å². The van der Waals surface area contributed by atoms with Crippen molar-refractivity contribution in [2.75, 3.05) is 0 Å². The van der Waals surface area contributed by atoms with Gasteiger partial charge in [-0.3, -0.25) is 0 Å². The van der Waals surface area contributed by atoms with Gasteiger partial charge in [-0.05, 0) is 35.2 Å². The summed E-state index contributed by atoms with van der Waals surface area (Å²) in [5, 5.41) is 9.18. The maximum absolute atomic E-state index is 11.5. The van der Waals surface area contributed by atoms with Crippen molar-refractivity contribution in [2.24, 2.45) is 0 Å². The molecule has 3 rings (SSSR count). The molecule has 0 radical (unpaired) electrons. The number of fused-ring (bicyclic) bond motifs is 1. The summed E-state index contributed by atoms with van der Waals surface area (Å²) in [4.78, 5) is 11.5. The lowest BCUT2D eigenvalue weighted by Gasteiger charge is -2.05. The summed E-state index contributed by atoms with van der Waals surface area (Å²) in [6.45, 7) is 0.600. The van der Waals surface area contributed by atoms with Gasteiger partial charge < -0.3 is 10.6 Å². The van der Waals surface area contributed by atoms with E-state index in [0.29, 0.717) is 12.6 Å². The molecule has 0 spiro atoms. The van der Waals surface area contributed by atoms with E-state index in [0.717, 1.165) is 12.8 Å². The molecule has 0 saturated heterocycles. The predicted octanol–water partition coefficient (Wildman–Crippen LogP) is 2.86. The fourth-order valence-corrected chi connectivity index (χ4v) is 2.77. The molecule has 0 aliphatic heterocycles. The Morgan fingerprint density at radius 1 is 1.35 bits per heavy atom. The van der Waals surface area contributed by atoms with Crippen LogP contribution in [0.5, 0.6) is 0 Å². The Labute approximate surface area is 104 Å². The summed E-state index contributed by atoms with van der Waals surface area (Å²) in [5.74, 6) is 0. The highest BCUT2D eigenvalue weighted by Crippen LogP contribution is 2.25. The van der Waals surface area contributed by atoms with Crippen LogP contribution >= 0.6 is 11.3 Å². The second kappa shape index (κ2) is 4.37. The number of rotatable bonds is 3. The van der Waals surface area contributed by atoms with Gasteiger partial charge in [-0.25, -0.2) is 4.79 Å². The maximum atomic E-state index is 11.5. The molecule has 1 aromatic carbocycles. The van der Waals surface area contributed by atoms with Crippen molar-refractivity contribution in [1.82, 2.24) is 10.6 Å². The van der Waals surface area contributed by atoms with Crippen LogP contribution in [0.3, 0.4) is 0 Å². The molecule has 2 N–H and O–H groups in total. The minimum absolute atomic E-state index is 0.0530. The SMILES string of the molecule is O=C(NCc1csc2ccccc12)NC1CC1. The number of hydrogen-bond donors (Lipinski definition) is 2. The zero-order valence-electron chi connectivity index (χ0n) is 9.40. The van der Waals surface area contributed by atoms with Gasteiger partial charge in [0.15, 0.2) is 0 Å². The van der Waals surface area contributed by atoms with Gasteiger partial charge in [0.2, 0.25) is 0 Å². The standard InChI is InChI=1S/C13H14N2OS/c16-13(15-10-5-6-10)14-7-9-8-17-12-4-2-1-3-11(9)12/h1-4,8,10H,5-7H2,(H2,14,15,16). The van der Waals surface area contributed by atoms with Crippen LogP contribution in [0, 0.1) is 0 Å². The Kier molecular flexibility index (Phi) is 2.73. The van der Waals surface area contributed by atoms with Crippen molar-refractivity contribution in [2.45, 2.75) is 25.4 Å². The molecule has 0 unspecified atom stereocenters. The Morgan fingerprint density at radius 3 is 3.00 bits per heavy atom. The van der Waals surface area contributed by atoms with Crippen LogP contribution in [0.4, 0.5) is 4.79 Å². The summed E-state index contributed by atoms with van der Waals surface area (Å²) in [5.41, 5.74) is 1.19. The van der Waals surface area contributed by atoms with Crippen molar-refractivity contribution >= 4 is 27.5 Å². The molecule has 2 amide bonds. The summed E-state index contributed by atoms with van der Waals surface area (Å²) in [6, 6.07) is 8.63. The van der Waals surface area contributed by atoms with Gasteiger partial charge in [0.1, 0.15) is 0 Å². The van der Waals surface area contributed by atoms with Crippen molar-refractivity contribution < 1.29 is 4.79 Å². The number of amides is 2. The van der Waals surface area contributed by atoms with Crippen LogP contribution in [0.2, 0.25) is 0 Å². The van der Waals surface area contributed by atoms with E-state index in [9.17, 15) is 4.79 Å². The Hall–Kier alpha value is -1.55. The first kappa shape index (κ1) is 10.6. The van der Waals surface area contributed by atoms with Crippen molar-refractivity contribution in [1.29, 1.82) is 0 Å². The lowest BCUT2D eigenvalue weighted by atomic mass is 10.2. The Balaban J connectivity index is 1.65. The fourth-order valence-electron chi connectivity index (χ4n) is 1.81. The lowest BCUT2D eigenvalue weighted by Crippen LogP contribution is -2.36. The van der Waals surface area contributed by atoms with Crippen molar-refractivity contribution in [3.63, 3.8) is 0 Å². The van der Waals surface area contributed by atoms with Gasteiger partial charge in [0.05, 0.1) is 0 Å². The van der Waals surface area contributed by atoms with Crippen LogP contribution in [0.15, 0.2) is 29.6 Å². The quantitative estimate of drug-likeness (QED) is 0.859. The molecule has 2 aromatic rings. The van der Waals surface area contributed by atoms with E-state index in [1.165, 1.54) is 15.6 Å². The van der Waals surface area contributed by atoms with Crippen molar-refractivity contribution in [3.8, 4) is 0 Å². The van der Waals surface area contributed by atoms with Gasteiger partial charge in [-0.15, -0.1) is 11.3 Å². The summed E-state index contributed by atoms with van der Waals surface area (Å²) in [6.07, 6.45) is 2.24. The molecule has 1 fully saturated rings. The average molecular weight is 246 g/mol. The third-order valence-corrected chi connectivity index (χ3v) is 3.93. The van der Waals surface area contributed by atoms with Crippen LogP contribution in [-0.2, 0) is 6.54 Å². The Bertz CT molecular complexity index is 545. The molecule has 4 heteroatoms. The first-order valence-electron chi connectivity index (χ1n) is 5.82. The number of carbonyl (C=O) groups excluding carboxylic acids is 1. The normalized spacial score (nSPS) is 14.8. The summed E-state index contributed by atoms with van der Waals surface area (Å²) >= 11 is 1.72. The van der Waals surface area contributed by atoms with Gasteiger partial charge in [-0.2, -0.15) is 0 Å². The van der Waals surface area contributed by atoms with Gasteiger partial charge >= 0.3 is 6.03 Å². The van der Waals surface area contributed by atoms with Crippen LogP contribution in [-0.4, -0.2) is 12.1 Å². The molecule has 0 bridgehead atoms. The molecule has 17 heavy (non-hydrogen) atoms. The molecular weight excluding hydrogens is 232 g/mol. The van der Waals surface area contributed by atoms with E-state index in [-0.39, 0.29) is 6.03 Å². The number of carbonyl (C=O) groups is 1. The lowest BCUT2D eigenvalue weighted by molar-refractivity contribution is 0.240. The molecule has 3 nitrogen and oxygen atoms in total. The van der Waals surface area contributed by atoms with Gasteiger partial charge in [-0.1, -0.05) is 18.2 Å². The van der Waals surface area contributed by atoms with E-state index in [1.807, 2.05) is 12.1 Å². The zero-order valence-corrected chi connectivity index (χ0v) is 10.2. The minimum atomic E-state index is -0.0530. The molecule has 88 valence electrons. The van der Waals surface area contributed by atoms with E-state index in [4.69, 9.17) is 0 Å². The second-order valence-electron chi connectivity index (χ2n) is 4.36. The predicted molar refractivity (Wildman–Crippen MR) is 70.2 cm³/mol. The smallest absolute Gasteiger partial charge is 0.315 e. The molecular formula is C13H14N2OS. The average Bonchev–Trinajstić information content (AvgIpc) is 3.06. The largest absolute Gasteiger partial charge is 0.335 e. The van der Waals surface area contributed by atoms with Crippen LogP contribution in [0.1, 0.15) is 18.4 Å². The Morgan fingerprint density at radius 2 is 2.18 bits per heavy atom. The zero-order chi connectivity index (χ0) is 11.7. The number of benzene rings is 1. The number of nitrogens with one attached hydrogen (secondary N) is 2. The van der Waals surface area contributed by atoms with E-state index in [1.54, 1.807) is 11.3 Å². The first-order valence-corrected chi connectivity index (χ1v) is 6.70. The highest BCUT2D eigenvalue weighted by atomic mass is 32.1. The summed E-state index contributed by atoms with van der Waals surface area (Å²) in [7, 11) is 0. The molecule has 1 aromatic heterocycles. The third-order valence-electron chi connectivity index (χ3n) is 2.91. The molecule has 1 heterocycles. The molecule has 1 aliphatic carbocycles.